The molecule has 1 aliphatic carbocycles. The molecule has 2 rings (SSSR count). The lowest BCUT2D eigenvalue weighted by atomic mass is 10.4. The Labute approximate surface area is 90.0 Å². The van der Waals surface area contributed by atoms with Crippen LogP contribution in [0.5, 0.6) is 0 Å². The lowest BCUT2D eigenvalue weighted by Crippen LogP contribution is -2.19. The molecule has 1 saturated carbocycles. The predicted molar refractivity (Wildman–Crippen MR) is 56.6 cm³/mol. The summed E-state index contributed by atoms with van der Waals surface area (Å²) in [7, 11) is 0. The van der Waals surface area contributed by atoms with Crippen molar-refractivity contribution in [3.8, 4) is 0 Å². The summed E-state index contributed by atoms with van der Waals surface area (Å²) in [5.41, 5.74) is 0. The van der Waals surface area contributed by atoms with E-state index in [4.69, 9.17) is 9.15 Å². The van der Waals surface area contributed by atoms with E-state index >= 15 is 0 Å². The first-order chi connectivity index (χ1) is 7.38. The van der Waals surface area contributed by atoms with Crippen molar-refractivity contribution in [2.45, 2.75) is 38.8 Å². The Hall–Kier alpha value is -0.870. The second-order valence-electron chi connectivity index (χ2n) is 3.84. The molecule has 0 bridgehead atoms. The zero-order valence-corrected chi connectivity index (χ0v) is 9.16. The van der Waals surface area contributed by atoms with E-state index in [9.17, 15) is 0 Å². The first-order valence-electron chi connectivity index (χ1n) is 5.63. The van der Waals surface area contributed by atoms with Crippen LogP contribution >= 0.6 is 0 Å². The van der Waals surface area contributed by atoms with E-state index in [1.54, 1.807) is 6.20 Å². The number of hydrogen-bond acceptors (Lipinski definition) is 4. The van der Waals surface area contributed by atoms with Gasteiger partial charge in [-0.25, -0.2) is 4.98 Å². The van der Waals surface area contributed by atoms with Gasteiger partial charge in [0.1, 0.15) is 12.4 Å². The van der Waals surface area contributed by atoms with Crippen LogP contribution in [0.25, 0.3) is 0 Å². The number of ether oxygens (including phenoxy) is 1. The average molecular weight is 210 g/mol. The summed E-state index contributed by atoms with van der Waals surface area (Å²) in [6.07, 6.45) is 5.26. The minimum absolute atomic E-state index is 0.527. The molecule has 0 amide bonds. The molecule has 1 heterocycles. The van der Waals surface area contributed by atoms with Gasteiger partial charge < -0.3 is 14.5 Å². The fraction of sp³-hybridized carbons (Fsp3) is 0.727. The van der Waals surface area contributed by atoms with Gasteiger partial charge in [-0.2, -0.15) is 0 Å². The molecule has 1 aromatic heterocycles. The number of nitrogens with one attached hydrogen (secondary N) is 1. The van der Waals surface area contributed by atoms with Gasteiger partial charge in [-0.05, 0) is 19.8 Å². The van der Waals surface area contributed by atoms with Crippen molar-refractivity contribution >= 4 is 0 Å². The number of oxazole rings is 1. The highest BCUT2D eigenvalue weighted by molar-refractivity contribution is 4.93. The highest BCUT2D eigenvalue weighted by Crippen LogP contribution is 2.18. The van der Waals surface area contributed by atoms with Crippen molar-refractivity contribution in [1.82, 2.24) is 10.3 Å². The molecule has 0 aromatic carbocycles. The Kier molecular flexibility index (Phi) is 3.75. The third-order valence-electron chi connectivity index (χ3n) is 2.40. The minimum atomic E-state index is 0.527. The molecular formula is C11H18N2O2. The third-order valence-corrected chi connectivity index (χ3v) is 2.40. The van der Waals surface area contributed by atoms with Gasteiger partial charge in [0.05, 0.1) is 6.20 Å². The van der Waals surface area contributed by atoms with Crippen LogP contribution in [0.2, 0.25) is 0 Å². The Bertz CT molecular complexity index is 295. The Balaban J connectivity index is 1.68. The van der Waals surface area contributed by atoms with E-state index in [2.05, 4.69) is 10.3 Å². The van der Waals surface area contributed by atoms with Crippen LogP contribution in [0, 0.1) is 0 Å². The maximum absolute atomic E-state index is 5.51. The van der Waals surface area contributed by atoms with Crippen molar-refractivity contribution in [2.75, 3.05) is 13.2 Å². The van der Waals surface area contributed by atoms with Gasteiger partial charge in [-0.3, -0.25) is 0 Å². The lowest BCUT2D eigenvalue weighted by molar-refractivity contribution is 0.117. The minimum Gasteiger partial charge on any atom is -0.443 e. The van der Waals surface area contributed by atoms with Crippen molar-refractivity contribution in [3.05, 3.63) is 17.8 Å². The molecule has 1 fully saturated rings. The summed E-state index contributed by atoms with van der Waals surface area (Å²) in [6, 6.07) is 0.753. The monoisotopic (exact) mass is 210 g/mol. The SMILES string of the molecule is CCOCc1cnc(CCNC2CC2)o1. The molecule has 84 valence electrons. The number of hydrogen-bond donors (Lipinski definition) is 1. The van der Waals surface area contributed by atoms with Crippen molar-refractivity contribution in [1.29, 1.82) is 0 Å². The van der Waals surface area contributed by atoms with Gasteiger partial charge in [0.15, 0.2) is 5.89 Å². The smallest absolute Gasteiger partial charge is 0.195 e. The van der Waals surface area contributed by atoms with Gasteiger partial charge in [0.2, 0.25) is 0 Å². The lowest BCUT2D eigenvalue weighted by Gasteiger charge is -1.98. The quantitative estimate of drug-likeness (QED) is 0.741. The largest absolute Gasteiger partial charge is 0.443 e. The first kappa shape index (κ1) is 10.6. The molecule has 0 unspecified atom stereocenters. The summed E-state index contributed by atoms with van der Waals surface area (Å²) >= 11 is 0. The fourth-order valence-corrected chi connectivity index (χ4v) is 1.40. The van der Waals surface area contributed by atoms with Gasteiger partial charge in [0.25, 0.3) is 0 Å². The van der Waals surface area contributed by atoms with Crippen LogP contribution < -0.4 is 5.32 Å². The Morgan fingerprint density at radius 1 is 1.60 bits per heavy atom. The summed E-state index contributed by atoms with van der Waals surface area (Å²) in [5.74, 6) is 1.62. The zero-order chi connectivity index (χ0) is 10.5. The number of nitrogens with zero attached hydrogens (tertiary/aromatic N) is 1. The maximum Gasteiger partial charge on any atom is 0.195 e. The van der Waals surface area contributed by atoms with E-state index in [0.29, 0.717) is 13.2 Å². The van der Waals surface area contributed by atoms with Crippen LogP contribution in [0.3, 0.4) is 0 Å². The standard InChI is InChI=1S/C11H18N2O2/c1-2-14-8-10-7-13-11(15-10)5-6-12-9-3-4-9/h7,9,12H,2-6,8H2,1H3. The van der Waals surface area contributed by atoms with E-state index in [1.165, 1.54) is 12.8 Å². The normalized spacial score (nSPS) is 15.8. The number of rotatable bonds is 7. The molecular weight excluding hydrogens is 192 g/mol. The summed E-state index contributed by atoms with van der Waals surface area (Å²) in [4.78, 5) is 4.20. The molecule has 1 aromatic rings. The van der Waals surface area contributed by atoms with Crippen LogP contribution in [-0.2, 0) is 17.8 Å². The molecule has 4 nitrogen and oxygen atoms in total. The van der Waals surface area contributed by atoms with Gasteiger partial charge in [-0.1, -0.05) is 0 Å². The molecule has 1 N–H and O–H groups in total. The average Bonchev–Trinajstić information content (AvgIpc) is 2.95. The predicted octanol–water partition coefficient (Wildman–Crippen LogP) is 1.51. The van der Waals surface area contributed by atoms with E-state index in [-0.39, 0.29) is 0 Å². The topological polar surface area (TPSA) is 47.3 Å². The van der Waals surface area contributed by atoms with Gasteiger partial charge in [-0.15, -0.1) is 0 Å². The summed E-state index contributed by atoms with van der Waals surface area (Å²) in [5, 5.41) is 3.43. The van der Waals surface area contributed by atoms with E-state index < -0.39 is 0 Å². The molecule has 0 atom stereocenters. The van der Waals surface area contributed by atoms with Crippen molar-refractivity contribution < 1.29 is 9.15 Å². The van der Waals surface area contributed by atoms with Crippen LogP contribution in [0.1, 0.15) is 31.4 Å². The van der Waals surface area contributed by atoms with E-state index in [0.717, 1.165) is 30.7 Å². The first-order valence-corrected chi connectivity index (χ1v) is 5.63. The Morgan fingerprint density at radius 3 is 3.20 bits per heavy atom. The van der Waals surface area contributed by atoms with Crippen LogP contribution in [0.15, 0.2) is 10.6 Å². The fourth-order valence-electron chi connectivity index (χ4n) is 1.40. The second-order valence-corrected chi connectivity index (χ2v) is 3.84. The second kappa shape index (κ2) is 5.28. The van der Waals surface area contributed by atoms with Crippen molar-refractivity contribution in [2.24, 2.45) is 0 Å². The highest BCUT2D eigenvalue weighted by Gasteiger charge is 2.19. The van der Waals surface area contributed by atoms with Crippen molar-refractivity contribution in [3.63, 3.8) is 0 Å². The van der Waals surface area contributed by atoms with E-state index in [1.807, 2.05) is 6.92 Å². The van der Waals surface area contributed by atoms with Gasteiger partial charge in [0, 0.05) is 25.6 Å². The molecule has 0 saturated heterocycles. The molecule has 0 spiro atoms. The van der Waals surface area contributed by atoms with Gasteiger partial charge >= 0.3 is 0 Å². The summed E-state index contributed by atoms with van der Waals surface area (Å²) < 4.78 is 10.7. The molecule has 4 heteroatoms. The molecule has 15 heavy (non-hydrogen) atoms. The van der Waals surface area contributed by atoms with Crippen LogP contribution in [-0.4, -0.2) is 24.2 Å². The highest BCUT2D eigenvalue weighted by atomic mass is 16.5. The molecule has 0 radical (unpaired) electrons. The number of aromatic nitrogens is 1. The summed E-state index contributed by atoms with van der Waals surface area (Å²) in [6.45, 7) is 4.16. The molecule has 1 aliphatic rings. The maximum atomic E-state index is 5.51. The van der Waals surface area contributed by atoms with Crippen LogP contribution in [0.4, 0.5) is 0 Å². The Morgan fingerprint density at radius 2 is 2.47 bits per heavy atom. The molecule has 0 aliphatic heterocycles. The third kappa shape index (κ3) is 3.64. The zero-order valence-electron chi connectivity index (χ0n) is 9.16.